The first kappa shape index (κ1) is 19.5. The maximum absolute atomic E-state index is 13.6. The summed E-state index contributed by atoms with van der Waals surface area (Å²) in [4.78, 5) is 31.5. The van der Waals surface area contributed by atoms with E-state index in [-0.39, 0.29) is 23.5 Å². The molecule has 2 aliphatic rings. The Hall–Kier alpha value is -2.83. The molecule has 0 unspecified atom stereocenters. The number of anilines is 1. The van der Waals surface area contributed by atoms with Crippen LogP contribution < -0.4 is 10.2 Å². The minimum atomic E-state index is -0.701. The number of aromatic nitrogens is 1. The number of halogens is 2. The largest absolute Gasteiger partial charge is 0.348 e. The number of aryl methyl sites for hydroxylation is 1. The predicted octanol–water partition coefficient (Wildman–Crippen LogP) is 3.76. The number of rotatable bonds is 3. The van der Waals surface area contributed by atoms with Gasteiger partial charge < -0.3 is 10.2 Å². The Morgan fingerprint density at radius 1 is 1.21 bits per heavy atom. The molecule has 2 aromatic rings. The van der Waals surface area contributed by atoms with Gasteiger partial charge in [-0.2, -0.15) is 0 Å². The molecule has 2 fully saturated rings. The normalized spacial score (nSPS) is 24.2. The van der Waals surface area contributed by atoms with Crippen molar-refractivity contribution in [1.29, 1.82) is 0 Å². The van der Waals surface area contributed by atoms with Gasteiger partial charge in [-0.1, -0.05) is 12.5 Å². The minimum absolute atomic E-state index is 0.116. The number of pyridine rings is 1. The first-order valence-electron chi connectivity index (χ1n) is 9.89. The standard InChI is InChI=1S/C22H23F2N3O2/c1-14-4-2-6-19(25-14)20(28)26-17-5-3-7-22(13-17)8-9-27(21(22)29)18-11-15(23)10-16(24)12-18/h2,4,6,10-12,17H,3,5,7-9,13H2,1H3,(H,26,28)/t17-,22-/m1/s1. The molecule has 2 atom stereocenters. The smallest absolute Gasteiger partial charge is 0.270 e. The average Bonchev–Trinajstić information content (AvgIpc) is 2.97. The number of amides is 2. The first-order chi connectivity index (χ1) is 13.9. The molecule has 5 nitrogen and oxygen atoms in total. The van der Waals surface area contributed by atoms with Gasteiger partial charge in [0, 0.05) is 30.0 Å². The molecule has 1 saturated heterocycles. The molecule has 2 amide bonds. The Balaban J connectivity index is 1.49. The SMILES string of the molecule is Cc1cccc(C(=O)N[C@@H]2CCC[C@@]3(CCN(c4cc(F)cc(F)c4)C3=O)C2)n1. The van der Waals surface area contributed by atoms with Crippen LogP contribution in [0.2, 0.25) is 0 Å². The lowest BCUT2D eigenvalue weighted by Crippen LogP contribution is -2.46. The van der Waals surface area contributed by atoms with Gasteiger partial charge in [-0.05, 0) is 56.9 Å². The molecule has 1 aromatic carbocycles. The van der Waals surface area contributed by atoms with Crippen LogP contribution in [0.5, 0.6) is 0 Å². The quantitative estimate of drug-likeness (QED) is 0.855. The lowest BCUT2D eigenvalue weighted by atomic mass is 9.71. The highest BCUT2D eigenvalue weighted by Gasteiger charge is 2.49. The van der Waals surface area contributed by atoms with Crippen molar-refractivity contribution in [3.05, 3.63) is 59.4 Å². The lowest BCUT2D eigenvalue weighted by molar-refractivity contribution is -0.127. The highest BCUT2D eigenvalue weighted by atomic mass is 19.1. The van der Waals surface area contributed by atoms with Crippen LogP contribution in [-0.4, -0.2) is 29.4 Å². The van der Waals surface area contributed by atoms with Crippen molar-refractivity contribution in [3.8, 4) is 0 Å². The van der Waals surface area contributed by atoms with Crippen LogP contribution in [0, 0.1) is 24.0 Å². The van der Waals surface area contributed by atoms with Gasteiger partial charge in [-0.15, -0.1) is 0 Å². The third-order valence-corrected chi connectivity index (χ3v) is 5.97. The number of nitrogens with one attached hydrogen (secondary N) is 1. The zero-order valence-corrected chi connectivity index (χ0v) is 16.3. The summed E-state index contributed by atoms with van der Waals surface area (Å²) in [5.41, 5.74) is 0.777. The van der Waals surface area contributed by atoms with E-state index in [0.29, 0.717) is 25.1 Å². The molecule has 152 valence electrons. The average molecular weight is 399 g/mol. The molecule has 1 aromatic heterocycles. The number of hydrogen-bond donors (Lipinski definition) is 1. The van der Waals surface area contributed by atoms with E-state index in [0.717, 1.165) is 31.0 Å². The summed E-state index contributed by atoms with van der Waals surface area (Å²) in [6.45, 7) is 2.25. The van der Waals surface area contributed by atoms with E-state index in [9.17, 15) is 18.4 Å². The van der Waals surface area contributed by atoms with Crippen LogP contribution in [0.15, 0.2) is 36.4 Å². The Labute approximate surface area is 168 Å². The third kappa shape index (κ3) is 3.86. The molecule has 1 aliphatic heterocycles. The molecule has 1 N–H and O–H groups in total. The van der Waals surface area contributed by atoms with Gasteiger partial charge in [0.25, 0.3) is 5.91 Å². The van der Waals surface area contributed by atoms with E-state index in [1.54, 1.807) is 12.1 Å². The number of hydrogen-bond acceptors (Lipinski definition) is 3. The van der Waals surface area contributed by atoms with Crippen molar-refractivity contribution >= 4 is 17.5 Å². The molecule has 29 heavy (non-hydrogen) atoms. The van der Waals surface area contributed by atoms with Crippen molar-refractivity contribution in [2.45, 2.75) is 45.1 Å². The van der Waals surface area contributed by atoms with Crippen LogP contribution in [0.25, 0.3) is 0 Å². The zero-order valence-electron chi connectivity index (χ0n) is 16.3. The van der Waals surface area contributed by atoms with Gasteiger partial charge in [0.1, 0.15) is 17.3 Å². The van der Waals surface area contributed by atoms with Crippen molar-refractivity contribution < 1.29 is 18.4 Å². The summed E-state index contributed by atoms with van der Waals surface area (Å²) in [6.07, 6.45) is 3.45. The molecule has 0 radical (unpaired) electrons. The first-order valence-corrected chi connectivity index (χ1v) is 9.89. The summed E-state index contributed by atoms with van der Waals surface area (Å²) in [5.74, 6) is -1.76. The number of carbonyl (C=O) groups is 2. The fourth-order valence-electron chi connectivity index (χ4n) is 4.60. The van der Waals surface area contributed by atoms with Crippen LogP contribution in [0.3, 0.4) is 0 Å². The Kier molecular flexibility index (Phi) is 5.06. The number of benzene rings is 1. The van der Waals surface area contributed by atoms with Crippen LogP contribution in [-0.2, 0) is 4.79 Å². The predicted molar refractivity (Wildman–Crippen MR) is 104 cm³/mol. The summed E-state index contributed by atoms with van der Waals surface area (Å²) in [6, 6.07) is 8.32. The van der Waals surface area contributed by atoms with Crippen LogP contribution >= 0.6 is 0 Å². The molecule has 4 rings (SSSR count). The maximum Gasteiger partial charge on any atom is 0.270 e. The topological polar surface area (TPSA) is 62.3 Å². The van der Waals surface area contributed by atoms with Gasteiger partial charge in [0.15, 0.2) is 0 Å². The molecule has 0 bridgehead atoms. The van der Waals surface area contributed by atoms with E-state index < -0.39 is 17.0 Å². The summed E-state index contributed by atoms with van der Waals surface area (Å²) < 4.78 is 27.2. The Morgan fingerprint density at radius 2 is 1.97 bits per heavy atom. The van der Waals surface area contributed by atoms with E-state index in [2.05, 4.69) is 10.3 Å². The monoisotopic (exact) mass is 399 g/mol. The fourth-order valence-corrected chi connectivity index (χ4v) is 4.60. The van der Waals surface area contributed by atoms with Crippen LogP contribution in [0.1, 0.15) is 48.3 Å². The van der Waals surface area contributed by atoms with E-state index in [4.69, 9.17) is 0 Å². The fraction of sp³-hybridized carbons (Fsp3) is 0.409. The van der Waals surface area contributed by atoms with Crippen LogP contribution in [0.4, 0.5) is 14.5 Å². The Bertz CT molecular complexity index is 945. The highest BCUT2D eigenvalue weighted by Crippen LogP contribution is 2.46. The zero-order chi connectivity index (χ0) is 20.6. The highest BCUT2D eigenvalue weighted by molar-refractivity contribution is 6.00. The molecule has 2 heterocycles. The van der Waals surface area contributed by atoms with Gasteiger partial charge >= 0.3 is 0 Å². The molecule has 1 spiro atoms. The second-order valence-corrected chi connectivity index (χ2v) is 8.05. The summed E-state index contributed by atoms with van der Waals surface area (Å²) >= 11 is 0. The molecule has 7 heteroatoms. The molecule has 1 aliphatic carbocycles. The number of nitrogens with zero attached hydrogens (tertiary/aromatic N) is 2. The molecule has 1 saturated carbocycles. The Morgan fingerprint density at radius 3 is 2.69 bits per heavy atom. The van der Waals surface area contributed by atoms with E-state index >= 15 is 0 Å². The maximum atomic E-state index is 13.6. The second kappa shape index (κ2) is 7.54. The van der Waals surface area contributed by atoms with E-state index in [1.807, 2.05) is 13.0 Å². The van der Waals surface area contributed by atoms with Gasteiger partial charge in [0.05, 0.1) is 5.41 Å². The van der Waals surface area contributed by atoms with Gasteiger partial charge in [-0.25, -0.2) is 13.8 Å². The summed E-state index contributed by atoms with van der Waals surface area (Å²) in [5, 5.41) is 3.01. The third-order valence-electron chi connectivity index (χ3n) is 5.97. The van der Waals surface area contributed by atoms with Crippen molar-refractivity contribution in [2.24, 2.45) is 5.41 Å². The molecular weight excluding hydrogens is 376 g/mol. The van der Waals surface area contributed by atoms with Gasteiger partial charge in [-0.3, -0.25) is 9.59 Å². The minimum Gasteiger partial charge on any atom is -0.348 e. The van der Waals surface area contributed by atoms with Gasteiger partial charge in [0.2, 0.25) is 5.91 Å². The molecular formula is C22H23F2N3O2. The summed E-state index contributed by atoms with van der Waals surface area (Å²) in [7, 11) is 0. The number of carbonyl (C=O) groups excluding carboxylic acids is 2. The van der Waals surface area contributed by atoms with E-state index in [1.165, 1.54) is 17.0 Å². The van der Waals surface area contributed by atoms with Crippen molar-refractivity contribution in [3.63, 3.8) is 0 Å². The van der Waals surface area contributed by atoms with Crippen molar-refractivity contribution in [2.75, 3.05) is 11.4 Å². The van der Waals surface area contributed by atoms with Crippen molar-refractivity contribution in [1.82, 2.24) is 10.3 Å². The second-order valence-electron chi connectivity index (χ2n) is 8.05. The lowest BCUT2D eigenvalue weighted by Gasteiger charge is -2.36.